The SMILES string of the molecule is CCNC(=NCCOc1ncc(C(F)(F)F)cc1Cl)N1CCCC(CC(N)=O)C1. The highest BCUT2D eigenvalue weighted by Gasteiger charge is 2.31. The van der Waals surface area contributed by atoms with Crippen molar-refractivity contribution in [3.63, 3.8) is 0 Å². The smallest absolute Gasteiger partial charge is 0.417 e. The molecule has 1 atom stereocenters. The molecule has 0 aliphatic carbocycles. The van der Waals surface area contributed by atoms with Crippen LogP contribution in [-0.4, -0.2) is 54.5 Å². The van der Waals surface area contributed by atoms with Crippen molar-refractivity contribution >= 4 is 23.5 Å². The number of rotatable bonds is 7. The van der Waals surface area contributed by atoms with E-state index < -0.39 is 11.7 Å². The minimum Gasteiger partial charge on any atom is -0.475 e. The van der Waals surface area contributed by atoms with Crippen LogP contribution in [0.5, 0.6) is 5.88 Å². The predicted octanol–water partition coefficient (Wildman–Crippen LogP) is 2.69. The number of primary amides is 1. The van der Waals surface area contributed by atoms with Crippen molar-refractivity contribution < 1.29 is 22.7 Å². The van der Waals surface area contributed by atoms with Crippen molar-refractivity contribution in [3.05, 3.63) is 22.8 Å². The van der Waals surface area contributed by atoms with Crippen LogP contribution in [0.3, 0.4) is 0 Å². The zero-order valence-electron chi connectivity index (χ0n) is 16.1. The summed E-state index contributed by atoms with van der Waals surface area (Å²) in [6.07, 6.45) is -1.61. The van der Waals surface area contributed by atoms with Crippen LogP contribution in [0.4, 0.5) is 13.2 Å². The molecule has 1 aromatic rings. The second kappa shape index (κ2) is 10.5. The Hall–Kier alpha value is -2.23. The molecule has 1 saturated heterocycles. The second-order valence-electron chi connectivity index (χ2n) is 6.72. The van der Waals surface area contributed by atoms with Gasteiger partial charge in [0.2, 0.25) is 11.8 Å². The number of aromatic nitrogens is 1. The molecular formula is C18H25ClF3N5O2. The molecule has 0 radical (unpaired) electrons. The van der Waals surface area contributed by atoms with Crippen molar-refractivity contribution in [2.45, 2.75) is 32.4 Å². The van der Waals surface area contributed by atoms with Gasteiger partial charge in [0, 0.05) is 32.3 Å². The fraction of sp³-hybridized carbons (Fsp3) is 0.611. The molecule has 0 aromatic carbocycles. The van der Waals surface area contributed by atoms with Crippen molar-refractivity contribution in [2.24, 2.45) is 16.6 Å². The first-order valence-corrected chi connectivity index (χ1v) is 9.75. The van der Waals surface area contributed by atoms with Gasteiger partial charge in [-0.1, -0.05) is 11.6 Å². The van der Waals surface area contributed by atoms with E-state index in [0.29, 0.717) is 31.7 Å². The number of nitrogens with one attached hydrogen (secondary N) is 1. The van der Waals surface area contributed by atoms with Gasteiger partial charge in [-0.3, -0.25) is 4.79 Å². The van der Waals surface area contributed by atoms with Crippen molar-refractivity contribution in [2.75, 3.05) is 32.8 Å². The standard InChI is InChI=1S/C18H25ClF3N5O2/c1-2-24-17(27-6-3-4-12(11-27)8-15(23)28)25-5-7-29-16-14(19)9-13(10-26-16)18(20,21)22/h9-10,12H,2-8,11H2,1H3,(H2,23,28)(H,24,25). The molecule has 162 valence electrons. The number of carbonyl (C=O) groups is 1. The summed E-state index contributed by atoms with van der Waals surface area (Å²) in [5.41, 5.74) is 4.37. The summed E-state index contributed by atoms with van der Waals surface area (Å²) in [5.74, 6) is 0.501. The van der Waals surface area contributed by atoms with Gasteiger partial charge in [-0.05, 0) is 31.7 Å². The largest absolute Gasteiger partial charge is 0.475 e. The van der Waals surface area contributed by atoms with Gasteiger partial charge in [-0.25, -0.2) is 9.98 Å². The number of likely N-dealkylation sites (tertiary alicyclic amines) is 1. The van der Waals surface area contributed by atoms with Crippen molar-refractivity contribution in [3.8, 4) is 5.88 Å². The molecular weight excluding hydrogens is 411 g/mol. The molecule has 1 aliphatic heterocycles. The van der Waals surface area contributed by atoms with E-state index in [9.17, 15) is 18.0 Å². The lowest BCUT2D eigenvalue weighted by Crippen LogP contribution is -2.47. The number of pyridine rings is 1. The topological polar surface area (TPSA) is 92.8 Å². The second-order valence-corrected chi connectivity index (χ2v) is 7.12. The Labute approximate surface area is 172 Å². The Morgan fingerprint density at radius 3 is 2.90 bits per heavy atom. The molecule has 0 spiro atoms. The number of alkyl halides is 3. The van der Waals surface area contributed by atoms with E-state index in [1.807, 2.05) is 6.92 Å². The zero-order chi connectivity index (χ0) is 21.4. The van der Waals surface area contributed by atoms with Gasteiger partial charge in [0.1, 0.15) is 11.6 Å². The maximum atomic E-state index is 12.6. The van der Waals surface area contributed by atoms with E-state index in [0.717, 1.165) is 25.5 Å². The molecule has 3 N–H and O–H groups in total. The summed E-state index contributed by atoms with van der Waals surface area (Å²) in [6, 6.07) is 0.782. The van der Waals surface area contributed by atoms with E-state index in [-0.39, 0.29) is 35.9 Å². The van der Waals surface area contributed by atoms with Crippen LogP contribution in [0.25, 0.3) is 0 Å². The van der Waals surface area contributed by atoms with Crippen LogP contribution in [0.2, 0.25) is 5.02 Å². The lowest BCUT2D eigenvalue weighted by molar-refractivity contribution is -0.137. The third kappa shape index (κ3) is 7.26. The first-order chi connectivity index (χ1) is 13.7. The van der Waals surface area contributed by atoms with Gasteiger partial charge in [0.25, 0.3) is 0 Å². The van der Waals surface area contributed by atoms with Crippen LogP contribution < -0.4 is 15.8 Å². The van der Waals surface area contributed by atoms with Crippen molar-refractivity contribution in [1.29, 1.82) is 0 Å². The lowest BCUT2D eigenvalue weighted by Gasteiger charge is -2.34. The zero-order valence-corrected chi connectivity index (χ0v) is 16.9. The molecule has 1 aliphatic rings. The Morgan fingerprint density at radius 1 is 1.52 bits per heavy atom. The number of amides is 1. The van der Waals surface area contributed by atoms with Crippen molar-refractivity contribution in [1.82, 2.24) is 15.2 Å². The molecule has 1 amide bonds. The number of piperidine rings is 1. The van der Waals surface area contributed by atoms with Gasteiger partial charge in [-0.15, -0.1) is 0 Å². The quantitative estimate of drug-likeness (QED) is 0.390. The number of halogens is 4. The Bertz CT molecular complexity index is 730. The summed E-state index contributed by atoms with van der Waals surface area (Å²) in [5, 5.41) is 2.99. The highest BCUT2D eigenvalue weighted by molar-refractivity contribution is 6.31. The monoisotopic (exact) mass is 435 g/mol. The van der Waals surface area contributed by atoms with E-state index in [1.165, 1.54) is 0 Å². The van der Waals surface area contributed by atoms with Gasteiger partial charge in [0.15, 0.2) is 5.96 Å². The number of aliphatic imine (C=N–C) groups is 1. The molecule has 2 rings (SSSR count). The fourth-order valence-electron chi connectivity index (χ4n) is 3.11. The fourth-order valence-corrected chi connectivity index (χ4v) is 3.34. The number of ether oxygens (including phenoxy) is 1. The third-order valence-corrected chi connectivity index (χ3v) is 4.64. The summed E-state index contributed by atoms with van der Waals surface area (Å²) >= 11 is 5.82. The number of carbonyl (C=O) groups excluding carboxylic acids is 1. The summed E-state index contributed by atoms with van der Waals surface area (Å²) in [6.45, 7) is 4.48. The third-order valence-electron chi connectivity index (χ3n) is 4.37. The minimum atomic E-state index is -4.51. The Morgan fingerprint density at radius 2 is 2.28 bits per heavy atom. The molecule has 29 heavy (non-hydrogen) atoms. The van der Waals surface area contributed by atoms with E-state index in [2.05, 4.69) is 20.2 Å². The predicted molar refractivity (Wildman–Crippen MR) is 104 cm³/mol. The van der Waals surface area contributed by atoms with Gasteiger partial charge in [0.05, 0.1) is 12.1 Å². The minimum absolute atomic E-state index is 0.0700. The highest BCUT2D eigenvalue weighted by Crippen LogP contribution is 2.33. The van der Waals surface area contributed by atoms with Crippen LogP contribution in [-0.2, 0) is 11.0 Å². The molecule has 7 nitrogen and oxygen atoms in total. The maximum absolute atomic E-state index is 12.6. The Balaban J connectivity index is 1.93. The molecule has 1 aromatic heterocycles. The lowest BCUT2D eigenvalue weighted by atomic mass is 9.95. The van der Waals surface area contributed by atoms with Gasteiger partial charge < -0.3 is 20.7 Å². The van der Waals surface area contributed by atoms with Gasteiger partial charge >= 0.3 is 6.18 Å². The molecule has 11 heteroatoms. The van der Waals surface area contributed by atoms with E-state index in [4.69, 9.17) is 22.1 Å². The number of guanidine groups is 1. The summed E-state index contributed by atoms with van der Waals surface area (Å²) in [4.78, 5) is 21.4. The van der Waals surface area contributed by atoms with Crippen LogP contribution in [0, 0.1) is 5.92 Å². The average Bonchev–Trinajstić information content (AvgIpc) is 2.64. The Kier molecular flexibility index (Phi) is 8.36. The number of nitrogens with zero attached hydrogens (tertiary/aromatic N) is 3. The van der Waals surface area contributed by atoms with E-state index in [1.54, 1.807) is 0 Å². The molecule has 1 fully saturated rings. The molecule has 0 saturated carbocycles. The molecule has 2 heterocycles. The van der Waals surface area contributed by atoms with Crippen LogP contribution in [0.1, 0.15) is 31.7 Å². The normalized spacial score (nSPS) is 17.9. The molecule has 1 unspecified atom stereocenters. The first kappa shape index (κ1) is 23.1. The number of nitrogens with two attached hydrogens (primary N) is 1. The summed E-state index contributed by atoms with van der Waals surface area (Å²) in [7, 11) is 0. The van der Waals surface area contributed by atoms with E-state index >= 15 is 0 Å². The number of hydrogen-bond acceptors (Lipinski definition) is 4. The first-order valence-electron chi connectivity index (χ1n) is 9.37. The molecule has 0 bridgehead atoms. The summed E-state index contributed by atoms with van der Waals surface area (Å²) < 4.78 is 43.3. The average molecular weight is 436 g/mol. The maximum Gasteiger partial charge on any atom is 0.417 e. The highest BCUT2D eigenvalue weighted by atomic mass is 35.5. The van der Waals surface area contributed by atoms with Gasteiger partial charge in [-0.2, -0.15) is 13.2 Å². The number of hydrogen-bond donors (Lipinski definition) is 2. The van der Waals surface area contributed by atoms with Crippen LogP contribution in [0.15, 0.2) is 17.3 Å². The van der Waals surface area contributed by atoms with Crippen LogP contribution >= 0.6 is 11.6 Å².